The van der Waals surface area contributed by atoms with Crippen LogP contribution in [0.25, 0.3) is 0 Å². The lowest BCUT2D eigenvalue weighted by Crippen LogP contribution is -2.60. The van der Waals surface area contributed by atoms with Gasteiger partial charge in [-0.2, -0.15) is 0 Å². The number of benzene rings is 1. The molecule has 2 amide bonds. The van der Waals surface area contributed by atoms with Gasteiger partial charge in [-0.05, 0) is 37.3 Å². The summed E-state index contributed by atoms with van der Waals surface area (Å²) in [5.74, 6) is -3.16. The van der Waals surface area contributed by atoms with Gasteiger partial charge in [-0.25, -0.2) is 0 Å². The minimum absolute atomic E-state index is 0.0200. The van der Waals surface area contributed by atoms with Gasteiger partial charge in [0.25, 0.3) is 5.91 Å². The number of likely N-dealkylation sites (tertiary alicyclic amines) is 1. The molecular formula is C28H35ClN2O6. The van der Waals surface area contributed by atoms with E-state index in [0.29, 0.717) is 23.6 Å². The van der Waals surface area contributed by atoms with Crippen LogP contribution in [0.1, 0.15) is 32.3 Å². The zero-order chi connectivity index (χ0) is 27.1. The molecule has 2 bridgehead atoms. The summed E-state index contributed by atoms with van der Waals surface area (Å²) in [6.07, 6.45) is 3.51. The van der Waals surface area contributed by atoms with Crippen LogP contribution < -0.4 is 4.90 Å². The summed E-state index contributed by atoms with van der Waals surface area (Å²) in [6.45, 7) is 12.9. The van der Waals surface area contributed by atoms with Crippen molar-refractivity contribution >= 4 is 35.1 Å². The number of aliphatic hydroxyl groups excluding tert-OH is 1. The highest BCUT2D eigenvalue weighted by Gasteiger charge is 2.75. The summed E-state index contributed by atoms with van der Waals surface area (Å²) in [5, 5.41) is 10.7. The van der Waals surface area contributed by atoms with Crippen molar-refractivity contribution in [1.82, 2.24) is 4.90 Å². The Morgan fingerprint density at radius 1 is 1.35 bits per heavy atom. The van der Waals surface area contributed by atoms with Gasteiger partial charge in [-0.1, -0.05) is 56.3 Å². The monoisotopic (exact) mass is 530 g/mol. The van der Waals surface area contributed by atoms with Crippen molar-refractivity contribution in [2.45, 2.75) is 57.4 Å². The van der Waals surface area contributed by atoms with Crippen LogP contribution >= 0.6 is 11.6 Å². The maximum atomic E-state index is 14.5. The maximum absolute atomic E-state index is 14.5. The van der Waals surface area contributed by atoms with Gasteiger partial charge in [-0.3, -0.25) is 14.4 Å². The van der Waals surface area contributed by atoms with Gasteiger partial charge in [0, 0.05) is 6.54 Å². The first-order chi connectivity index (χ1) is 17.6. The van der Waals surface area contributed by atoms with Gasteiger partial charge in [-0.15, -0.1) is 6.58 Å². The van der Waals surface area contributed by atoms with Crippen molar-refractivity contribution in [3.63, 3.8) is 0 Å². The number of anilines is 1. The summed E-state index contributed by atoms with van der Waals surface area (Å²) in [6, 6.07) is 3.67. The van der Waals surface area contributed by atoms with Crippen molar-refractivity contribution in [2.75, 3.05) is 24.7 Å². The second kappa shape index (κ2) is 10.6. The van der Waals surface area contributed by atoms with E-state index in [0.717, 1.165) is 5.56 Å². The summed E-state index contributed by atoms with van der Waals surface area (Å²) in [5.41, 5.74) is 0.103. The number of hydrogen-bond acceptors (Lipinski definition) is 6. The van der Waals surface area contributed by atoms with Gasteiger partial charge in [0.2, 0.25) is 5.91 Å². The lowest BCUT2D eigenvalue weighted by molar-refractivity contribution is -0.155. The zero-order valence-electron chi connectivity index (χ0n) is 21.6. The average Bonchev–Trinajstić information content (AvgIpc) is 3.49. The van der Waals surface area contributed by atoms with Crippen molar-refractivity contribution in [3.05, 3.63) is 54.1 Å². The first kappa shape index (κ1) is 27.4. The van der Waals surface area contributed by atoms with Crippen LogP contribution in [0.4, 0.5) is 5.69 Å². The van der Waals surface area contributed by atoms with Crippen LogP contribution in [0.2, 0.25) is 5.02 Å². The Morgan fingerprint density at radius 3 is 2.68 bits per heavy atom. The number of ether oxygens (including phenoxy) is 2. The molecule has 200 valence electrons. The number of carbonyl (C=O) groups excluding carboxylic acids is 3. The number of aliphatic hydroxyl groups is 1. The van der Waals surface area contributed by atoms with Crippen LogP contribution in [0.5, 0.6) is 0 Å². The van der Waals surface area contributed by atoms with E-state index in [1.165, 1.54) is 15.9 Å². The van der Waals surface area contributed by atoms with E-state index in [2.05, 4.69) is 13.2 Å². The number of rotatable bonds is 10. The number of aryl methyl sites for hydroxylation is 1. The van der Waals surface area contributed by atoms with Gasteiger partial charge >= 0.3 is 5.97 Å². The molecule has 1 aromatic rings. The molecular weight excluding hydrogens is 496 g/mol. The summed E-state index contributed by atoms with van der Waals surface area (Å²) < 4.78 is 11.8. The summed E-state index contributed by atoms with van der Waals surface area (Å²) in [7, 11) is 0. The molecule has 2 unspecified atom stereocenters. The maximum Gasteiger partial charge on any atom is 0.312 e. The highest BCUT2D eigenvalue weighted by Crippen LogP contribution is 2.59. The topological polar surface area (TPSA) is 96.4 Å². The Balaban J connectivity index is 1.85. The highest BCUT2D eigenvalue weighted by atomic mass is 35.5. The van der Waals surface area contributed by atoms with Crippen molar-refractivity contribution in [2.24, 2.45) is 17.8 Å². The quantitative estimate of drug-likeness (QED) is 0.368. The zero-order valence-corrected chi connectivity index (χ0v) is 22.3. The van der Waals surface area contributed by atoms with E-state index in [1.54, 1.807) is 18.2 Å². The fourth-order valence-electron chi connectivity index (χ4n) is 6.39. The Bertz CT molecular complexity index is 1090. The van der Waals surface area contributed by atoms with Gasteiger partial charge in [0.15, 0.2) is 0 Å². The van der Waals surface area contributed by atoms with Crippen LogP contribution in [-0.4, -0.2) is 71.3 Å². The molecule has 0 radical (unpaired) electrons. The fourth-order valence-corrected chi connectivity index (χ4v) is 6.71. The predicted octanol–water partition coefficient (Wildman–Crippen LogP) is 3.29. The lowest BCUT2D eigenvalue weighted by Gasteiger charge is -2.40. The van der Waals surface area contributed by atoms with E-state index in [9.17, 15) is 19.5 Å². The Kier molecular flexibility index (Phi) is 7.83. The number of amides is 2. The standard InChI is InChI=1S/C28H35ClN2O6/c1-6-13-30(23-17(5)9-8-10-18(23)29)26(34)24-28-12-11-20(37-28)21(27(35)36-14-7-2)22(28)25(33)31(24)19(15-32)16(3)4/h6-10,16,19-22,24,32H,1-2,11-15H2,3-5H3/t19-,20-,21+,22-,24?,28?/m0/s1. The van der Waals surface area contributed by atoms with Crippen LogP contribution in [-0.2, 0) is 23.9 Å². The SMILES string of the molecule is C=CCOC(=O)[C@@H]1[C@@H]2CCC3(O2)C(C(=O)N(CC=C)c2c(C)cccc2Cl)N([C@@H](CO)C(C)C)C(=O)[C@H]13. The third-order valence-electron chi connectivity index (χ3n) is 7.94. The third kappa shape index (κ3) is 4.29. The Labute approximate surface area is 222 Å². The first-order valence-corrected chi connectivity index (χ1v) is 13.1. The van der Waals surface area contributed by atoms with E-state index >= 15 is 0 Å². The molecule has 8 nitrogen and oxygen atoms in total. The van der Waals surface area contributed by atoms with E-state index in [1.807, 2.05) is 26.8 Å². The third-order valence-corrected chi connectivity index (χ3v) is 8.24. The number of nitrogens with zero attached hydrogens (tertiary/aromatic N) is 2. The smallest absolute Gasteiger partial charge is 0.312 e. The number of halogens is 1. The van der Waals surface area contributed by atoms with E-state index in [-0.39, 0.29) is 37.5 Å². The molecule has 9 heteroatoms. The van der Waals surface area contributed by atoms with Crippen LogP contribution in [0, 0.1) is 24.7 Å². The van der Waals surface area contributed by atoms with Crippen molar-refractivity contribution in [1.29, 1.82) is 0 Å². The number of esters is 1. The minimum atomic E-state index is -1.21. The molecule has 3 fully saturated rings. The Hall–Kier alpha value is -2.68. The summed E-state index contributed by atoms with van der Waals surface area (Å²) in [4.78, 5) is 44.8. The number of para-hydroxylation sites is 1. The highest BCUT2D eigenvalue weighted by molar-refractivity contribution is 6.34. The van der Waals surface area contributed by atoms with Gasteiger partial charge in [0.05, 0.1) is 41.3 Å². The molecule has 0 saturated carbocycles. The predicted molar refractivity (Wildman–Crippen MR) is 140 cm³/mol. The second-order valence-electron chi connectivity index (χ2n) is 10.4. The van der Waals surface area contributed by atoms with E-state index < -0.39 is 41.6 Å². The molecule has 37 heavy (non-hydrogen) atoms. The second-order valence-corrected chi connectivity index (χ2v) is 10.8. The number of fused-ring (bicyclic) bond motifs is 1. The van der Waals surface area contributed by atoms with E-state index in [4.69, 9.17) is 21.1 Å². The van der Waals surface area contributed by atoms with Gasteiger partial charge in [0.1, 0.15) is 18.2 Å². The van der Waals surface area contributed by atoms with Crippen LogP contribution in [0.15, 0.2) is 43.5 Å². The molecule has 3 saturated heterocycles. The molecule has 1 aromatic carbocycles. The average molecular weight is 531 g/mol. The molecule has 3 aliphatic rings. The molecule has 3 aliphatic heterocycles. The summed E-state index contributed by atoms with van der Waals surface area (Å²) >= 11 is 6.57. The molecule has 0 aliphatic carbocycles. The molecule has 6 atom stereocenters. The molecule has 1 N–H and O–H groups in total. The molecule has 4 rings (SSSR count). The molecule has 1 spiro atoms. The molecule has 0 aromatic heterocycles. The number of carbonyl (C=O) groups is 3. The lowest BCUT2D eigenvalue weighted by atomic mass is 9.70. The largest absolute Gasteiger partial charge is 0.461 e. The Morgan fingerprint density at radius 2 is 2.08 bits per heavy atom. The van der Waals surface area contributed by atoms with Crippen molar-refractivity contribution < 1.29 is 29.0 Å². The van der Waals surface area contributed by atoms with Gasteiger partial charge < -0.3 is 24.4 Å². The first-order valence-electron chi connectivity index (χ1n) is 12.7. The fraction of sp³-hybridized carbons (Fsp3) is 0.536. The molecule has 3 heterocycles. The van der Waals surface area contributed by atoms with Crippen molar-refractivity contribution in [3.8, 4) is 0 Å². The number of hydrogen-bond donors (Lipinski definition) is 1. The van der Waals surface area contributed by atoms with Crippen LogP contribution in [0.3, 0.4) is 0 Å². The minimum Gasteiger partial charge on any atom is -0.461 e. The normalized spacial score (nSPS) is 28.8.